The summed E-state index contributed by atoms with van der Waals surface area (Å²) < 4.78 is 0. The fraction of sp³-hybridized carbons (Fsp3) is 0.200. The number of carbonyl (C=O) groups excluding carboxylic acids is 1. The first-order valence-electron chi connectivity index (χ1n) is 9.97. The molecule has 29 heavy (non-hydrogen) atoms. The summed E-state index contributed by atoms with van der Waals surface area (Å²) in [6, 6.07) is 22.2. The van der Waals surface area contributed by atoms with Crippen LogP contribution in [-0.2, 0) is 11.2 Å². The number of amides is 1. The molecule has 0 aliphatic rings. The molecule has 2 aromatic carbocycles. The van der Waals surface area contributed by atoms with Gasteiger partial charge in [0, 0.05) is 36.3 Å². The highest BCUT2D eigenvalue weighted by Gasteiger charge is 2.16. The molecule has 1 amide bonds. The van der Waals surface area contributed by atoms with Crippen molar-refractivity contribution in [3.63, 3.8) is 0 Å². The molecule has 0 fully saturated rings. The van der Waals surface area contributed by atoms with Gasteiger partial charge < -0.3 is 9.88 Å². The summed E-state index contributed by atoms with van der Waals surface area (Å²) in [4.78, 5) is 22.5. The van der Waals surface area contributed by atoms with Crippen LogP contribution in [0.2, 0.25) is 0 Å². The predicted octanol–water partition coefficient (Wildman–Crippen LogP) is 5.52. The first kappa shape index (κ1) is 18.9. The van der Waals surface area contributed by atoms with Crippen LogP contribution in [0.5, 0.6) is 0 Å². The molecule has 0 saturated heterocycles. The van der Waals surface area contributed by atoms with Crippen molar-refractivity contribution in [1.82, 2.24) is 9.97 Å². The van der Waals surface area contributed by atoms with Gasteiger partial charge in [-0.2, -0.15) is 0 Å². The number of rotatable bonds is 6. The van der Waals surface area contributed by atoms with E-state index in [0.29, 0.717) is 6.42 Å². The number of pyridine rings is 1. The predicted molar refractivity (Wildman–Crippen MR) is 119 cm³/mol. The van der Waals surface area contributed by atoms with Crippen LogP contribution < -0.4 is 4.90 Å². The van der Waals surface area contributed by atoms with Crippen LogP contribution in [0.15, 0.2) is 72.9 Å². The van der Waals surface area contributed by atoms with E-state index in [1.54, 1.807) is 4.90 Å². The molecular formula is C25H25N3O. The average Bonchev–Trinajstić information content (AvgIpc) is 3.12. The summed E-state index contributed by atoms with van der Waals surface area (Å²) in [5.74, 6) is 0.131. The van der Waals surface area contributed by atoms with E-state index in [0.717, 1.165) is 35.4 Å². The maximum absolute atomic E-state index is 12.7. The van der Waals surface area contributed by atoms with Gasteiger partial charge in [0.15, 0.2) is 0 Å². The lowest BCUT2D eigenvalue weighted by Gasteiger charge is -2.17. The Balaban J connectivity index is 1.56. The van der Waals surface area contributed by atoms with Crippen LogP contribution in [0.3, 0.4) is 0 Å². The van der Waals surface area contributed by atoms with Crippen molar-refractivity contribution in [1.29, 1.82) is 0 Å². The van der Waals surface area contributed by atoms with Crippen molar-refractivity contribution < 1.29 is 4.79 Å². The molecule has 4 nitrogen and oxygen atoms in total. The number of aromatic nitrogens is 2. The number of aryl methyl sites for hydroxylation is 2. The highest BCUT2D eigenvalue weighted by atomic mass is 16.2. The molecule has 0 unspecified atom stereocenters. The van der Waals surface area contributed by atoms with Gasteiger partial charge in [0.25, 0.3) is 0 Å². The second-order valence-electron chi connectivity index (χ2n) is 7.38. The van der Waals surface area contributed by atoms with Crippen molar-refractivity contribution in [2.45, 2.75) is 26.2 Å². The Morgan fingerprint density at radius 3 is 2.59 bits per heavy atom. The molecule has 2 aromatic heterocycles. The zero-order valence-corrected chi connectivity index (χ0v) is 16.9. The van der Waals surface area contributed by atoms with Crippen LogP contribution in [0.25, 0.3) is 22.3 Å². The third kappa shape index (κ3) is 4.06. The van der Waals surface area contributed by atoms with E-state index in [2.05, 4.69) is 35.1 Å². The van der Waals surface area contributed by atoms with Gasteiger partial charge in [-0.3, -0.25) is 9.78 Å². The minimum Gasteiger partial charge on any atom is -0.353 e. The van der Waals surface area contributed by atoms with Crippen LogP contribution in [0.1, 0.15) is 24.0 Å². The molecule has 1 N–H and O–H groups in total. The maximum atomic E-state index is 12.7. The minimum absolute atomic E-state index is 0.131. The van der Waals surface area contributed by atoms with E-state index in [1.807, 2.05) is 61.8 Å². The molecule has 0 aliphatic carbocycles. The van der Waals surface area contributed by atoms with Crippen LogP contribution in [-0.4, -0.2) is 22.9 Å². The van der Waals surface area contributed by atoms with Gasteiger partial charge in [-0.15, -0.1) is 0 Å². The molecule has 4 heteroatoms. The largest absolute Gasteiger partial charge is 0.353 e. The van der Waals surface area contributed by atoms with E-state index < -0.39 is 0 Å². The lowest BCUT2D eigenvalue weighted by atomic mass is 10.0. The van der Waals surface area contributed by atoms with Crippen molar-refractivity contribution in [3.8, 4) is 11.4 Å². The highest BCUT2D eigenvalue weighted by molar-refractivity contribution is 5.93. The topological polar surface area (TPSA) is 49.0 Å². The number of anilines is 1. The molecule has 4 rings (SSSR count). The lowest BCUT2D eigenvalue weighted by Crippen LogP contribution is -2.25. The Bertz CT molecular complexity index is 1120. The van der Waals surface area contributed by atoms with E-state index in [1.165, 1.54) is 16.5 Å². The number of aromatic amines is 1. The third-order valence-corrected chi connectivity index (χ3v) is 5.32. The first-order valence-corrected chi connectivity index (χ1v) is 9.97. The van der Waals surface area contributed by atoms with Crippen LogP contribution in [0, 0.1) is 6.92 Å². The summed E-state index contributed by atoms with van der Waals surface area (Å²) in [7, 11) is 1.84. The van der Waals surface area contributed by atoms with E-state index in [-0.39, 0.29) is 5.91 Å². The number of hydrogen-bond acceptors (Lipinski definition) is 2. The maximum Gasteiger partial charge on any atom is 0.226 e. The van der Waals surface area contributed by atoms with Crippen molar-refractivity contribution >= 4 is 22.5 Å². The molecule has 0 saturated carbocycles. The number of benzene rings is 2. The van der Waals surface area contributed by atoms with Crippen molar-refractivity contribution in [2.24, 2.45) is 0 Å². The molecule has 0 radical (unpaired) electrons. The third-order valence-electron chi connectivity index (χ3n) is 5.32. The van der Waals surface area contributed by atoms with Gasteiger partial charge in [-0.25, -0.2) is 0 Å². The molecule has 0 spiro atoms. The van der Waals surface area contributed by atoms with Crippen molar-refractivity contribution in [3.05, 3.63) is 84.1 Å². The molecular weight excluding hydrogens is 358 g/mol. The summed E-state index contributed by atoms with van der Waals surface area (Å²) >= 11 is 0. The fourth-order valence-corrected chi connectivity index (χ4v) is 3.73. The minimum atomic E-state index is 0.131. The Morgan fingerprint density at radius 2 is 1.83 bits per heavy atom. The van der Waals surface area contributed by atoms with Crippen molar-refractivity contribution in [2.75, 3.05) is 11.9 Å². The normalized spacial score (nSPS) is 11.0. The second-order valence-corrected chi connectivity index (χ2v) is 7.38. The molecule has 2 heterocycles. The summed E-state index contributed by atoms with van der Waals surface area (Å²) in [5, 5.41) is 1.22. The Kier molecular flexibility index (Phi) is 5.43. The zero-order valence-electron chi connectivity index (χ0n) is 16.9. The fourth-order valence-electron chi connectivity index (χ4n) is 3.73. The Hall–Kier alpha value is -3.40. The number of nitrogens with zero attached hydrogens (tertiary/aromatic N) is 2. The Morgan fingerprint density at radius 1 is 1.03 bits per heavy atom. The summed E-state index contributed by atoms with van der Waals surface area (Å²) in [5.41, 5.74) is 6.48. The van der Waals surface area contributed by atoms with Crippen LogP contribution in [0.4, 0.5) is 5.69 Å². The molecule has 0 atom stereocenters. The molecule has 146 valence electrons. The first-order chi connectivity index (χ1) is 14.1. The quantitative estimate of drug-likeness (QED) is 0.476. The average molecular weight is 383 g/mol. The number of H-pyrrole nitrogens is 1. The standard InChI is InChI=1S/C25H25N3O/c1-18-14-15-22-21(17-18)20(25(27-22)23-12-6-7-16-26-23)11-8-13-24(29)28(2)19-9-4-3-5-10-19/h3-7,9-10,12,14-17,27H,8,11,13H2,1-2H3. The number of para-hydroxylation sites is 1. The van der Waals surface area contributed by atoms with Gasteiger partial charge in [-0.05, 0) is 61.7 Å². The number of nitrogens with one attached hydrogen (secondary N) is 1. The van der Waals surface area contributed by atoms with E-state index >= 15 is 0 Å². The highest BCUT2D eigenvalue weighted by Crippen LogP contribution is 2.31. The lowest BCUT2D eigenvalue weighted by molar-refractivity contribution is -0.118. The van der Waals surface area contributed by atoms with Gasteiger partial charge >= 0.3 is 0 Å². The number of carbonyl (C=O) groups is 1. The SMILES string of the molecule is Cc1ccc2[nH]c(-c3ccccn3)c(CCCC(=O)N(C)c3ccccc3)c2c1. The molecule has 0 bridgehead atoms. The van der Waals surface area contributed by atoms with E-state index in [4.69, 9.17) is 0 Å². The molecule has 4 aromatic rings. The zero-order chi connectivity index (χ0) is 20.2. The molecule has 0 aliphatic heterocycles. The van der Waals surface area contributed by atoms with Gasteiger partial charge in [0.05, 0.1) is 11.4 Å². The summed E-state index contributed by atoms with van der Waals surface area (Å²) in [6.45, 7) is 2.11. The Labute approximate surface area is 171 Å². The van der Waals surface area contributed by atoms with Crippen LogP contribution >= 0.6 is 0 Å². The summed E-state index contributed by atoms with van der Waals surface area (Å²) in [6.07, 6.45) is 3.93. The number of fused-ring (bicyclic) bond motifs is 1. The van der Waals surface area contributed by atoms with Gasteiger partial charge in [0.1, 0.15) is 0 Å². The van der Waals surface area contributed by atoms with Gasteiger partial charge in [0.2, 0.25) is 5.91 Å². The second kappa shape index (κ2) is 8.31. The van der Waals surface area contributed by atoms with E-state index in [9.17, 15) is 4.79 Å². The smallest absolute Gasteiger partial charge is 0.226 e. The monoisotopic (exact) mass is 383 g/mol. The number of hydrogen-bond donors (Lipinski definition) is 1. The van der Waals surface area contributed by atoms with Gasteiger partial charge in [-0.1, -0.05) is 35.9 Å².